The molecule has 1 fully saturated rings. The van der Waals surface area contributed by atoms with Gasteiger partial charge in [-0.15, -0.1) is 0 Å². The van der Waals surface area contributed by atoms with Crippen molar-refractivity contribution in [2.24, 2.45) is 0 Å². The Balaban J connectivity index is 1.27. The first-order valence-electron chi connectivity index (χ1n) is 10.9. The third-order valence-corrected chi connectivity index (χ3v) is 6.25. The van der Waals surface area contributed by atoms with Gasteiger partial charge in [-0.25, -0.2) is 4.98 Å². The molecule has 0 radical (unpaired) electrons. The number of hydrogen-bond acceptors (Lipinski definition) is 7. The highest BCUT2D eigenvalue weighted by Crippen LogP contribution is 2.38. The van der Waals surface area contributed by atoms with Crippen LogP contribution < -0.4 is 19.9 Å². The molecule has 2 aliphatic heterocycles. The fourth-order valence-electron chi connectivity index (χ4n) is 4.22. The lowest BCUT2D eigenvalue weighted by molar-refractivity contribution is -0.141. The van der Waals surface area contributed by atoms with Gasteiger partial charge in [0.2, 0.25) is 5.95 Å². The van der Waals surface area contributed by atoms with Crippen LogP contribution in [0.3, 0.4) is 0 Å². The summed E-state index contributed by atoms with van der Waals surface area (Å²) < 4.78 is 44.7. The first-order chi connectivity index (χ1) is 16.4. The number of hydrogen-bond donors (Lipinski definition) is 1. The van der Waals surface area contributed by atoms with Crippen molar-refractivity contribution in [3.63, 3.8) is 0 Å². The van der Waals surface area contributed by atoms with E-state index in [0.717, 1.165) is 24.6 Å². The van der Waals surface area contributed by atoms with Crippen LogP contribution in [0.4, 0.5) is 36.3 Å². The lowest BCUT2D eigenvalue weighted by Crippen LogP contribution is -2.39. The summed E-state index contributed by atoms with van der Waals surface area (Å²) in [4.78, 5) is 16.5. The smallest absolute Gasteiger partial charge is 0.433 e. The summed E-state index contributed by atoms with van der Waals surface area (Å²) in [6, 6.07) is 10.4. The number of nitrogens with zero attached hydrogens (tertiary/aromatic N) is 5. The highest BCUT2D eigenvalue weighted by molar-refractivity contribution is 6.33. The van der Waals surface area contributed by atoms with Gasteiger partial charge in [-0.2, -0.15) is 18.2 Å². The minimum absolute atomic E-state index is 0.0940. The molecular weight excluding hydrogens is 469 g/mol. The quantitative estimate of drug-likeness (QED) is 0.542. The molecule has 11 heteroatoms. The molecule has 3 aromatic rings. The van der Waals surface area contributed by atoms with Crippen LogP contribution in [0.1, 0.15) is 18.5 Å². The summed E-state index contributed by atoms with van der Waals surface area (Å²) in [7, 11) is 0. The minimum atomic E-state index is -4.46. The summed E-state index contributed by atoms with van der Waals surface area (Å²) in [5, 5.41) is 3.99. The van der Waals surface area contributed by atoms with Crippen LogP contribution in [0.15, 0.2) is 48.8 Å². The molecule has 2 aliphatic rings. The van der Waals surface area contributed by atoms with Crippen molar-refractivity contribution in [3.8, 4) is 5.75 Å². The van der Waals surface area contributed by atoms with Crippen LogP contribution in [0.2, 0.25) is 5.02 Å². The number of pyridine rings is 1. The number of fused-ring (bicyclic) bond motifs is 1. The summed E-state index contributed by atoms with van der Waals surface area (Å²) in [6.45, 7) is 2.33. The van der Waals surface area contributed by atoms with Crippen LogP contribution in [0, 0.1) is 0 Å². The number of alkyl halides is 3. The fraction of sp³-hybridized carbons (Fsp3) is 0.348. The summed E-state index contributed by atoms with van der Waals surface area (Å²) >= 11 is 6.41. The molecular formula is C23H22ClF3N6O. The molecule has 7 nitrogen and oxygen atoms in total. The number of rotatable bonds is 4. The molecule has 0 spiro atoms. The molecule has 0 atom stereocenters. The van der Waals surface area contributed by atoms with Gasteiger partial charge >= 0.3 is 6.18 Å². The number of nitrogens with one attached hydrogen (secondary N) is 1. The molecule has 1 aromatic carbocycles. The van der Waals surface area contributed by atoms with Gasteiger partial charge in [-0.05, 0) is 37.1 Å². The summed E-state index contributed by atoms with van der Waals surface area (Å²) in [5.41, 5.74) is 0.499. The van der Waals surface area contributed by atoms with Gasteiger partial charge < -0.3 is 19.9 Å². The van der Waals surface area contributed by atoms with E-state index in [4.69, 9.17) is 21.3 Å². The Morgan fingerprint density at radius 1 is 1.06 bits per heavy atom. The zero-order chi connectivity index (χ0) is 23.7. The van der Waals surface area contributed by atoms with E-state index in [9.17, 15) is 13.2 Å². The van der Waals surface area contributed by atoms with Crippen LogP contribution >= 0.6 is 11.6 Å². The second-order valence-electron chi connectivity index (χ2n) is 8.14. The third-order valence-electron chi connectivity index (χ3n) is 5.93. The van der Waals surface area contributed by atoms with E-state index >= 15 is 0 Å². The third kappa shape index (κ3) is 4.68. The van der Waals surface area contributed by atoms with E-state index in [1.165, 1.54) is 6.20 Å². The van der Waals surface area contributed by atoms with E-state index in [1.807, 2.05) is 34.1 Å². The van der Waals surface area contributed by atoms with Crippen molar-refractivity contribution < 1.29 is 17.9 Å². The van der Waals surface area contributed by atoms with Crippen LogP contribution in [-0.2, 0) is 6.18 Å². The van der Waals surface area contributed by atoms with Crippen molar-refractivity contribution in [3.05, 3.63) is 59.5 Å². The summed E-state index contributed by atoms with van der Waals surface area (Å²) in [5.74, 6) is 1.71. The average Bonchev–Trinajstić information content (AvgIpc) is 2.84. The van der Waals surface area contributed by atoms with E-state index < -0.39 is 11.9 Å². The molecule has 4 heterocycles. The second kappa shape index (κ2) is 9.17. The zero-order valence-corrected chi connectivity index (χ0v) is 18.9. The summed E-state index contributed by atoms with van der Waals surface area (Å²) in [6.07, 6.45) is -0.139. The maximum absolute atomic E-state index is 13.0. The van der Waals surface area contributed by atoms with Crippen molar-refractivity contribution in [1.82, 2.24) is 15.0 Å². The Kier molecular flexibility index (Phi) is 6.07. The number of aromatic nitrogens is 3. The first-order valence-corrected chi connectivity index (χ1v) is 11.3. The van der Waals surface area contributed by atoms with Gasteiger partial charge in [0.05, 0.1) is 23.5 Å². The normalized spacial score (nSPS) is 16.7. The minimum Gasteiger partial charge on any atom is -0.486 e. The van der Waals surface area contributed by atoms with Crippen LogP contribution in [0.5, 0.6) is 5.75 Å². The maximum atomic E-state index is 13.0. The van der Waals surface area contributed by atoms with E-state index in [-0.39, 0.29) is 6.04 Å². The van der Waals surface area contributed by atoms with Crippen molar-refractivity contribution in [2.45, 2.75) is 25.1 Å². The second-order valence-corrected chi connectivity index (χ2v) is 8.54. The standard InChI is InChI=1S/C23H22ClF3N6O/c24-17-3-1-2-4-18(17)33-11-12-34-19-14-29-22(31-21(19)33)30-15-6-9-32(10-7-15)16-5-8-28-20(13-16)23(25,26)27/h1-5,8,13-15H,6-7,9-12H2,(H,29,30,31). The topological polar surface area (TPSA) is 66.4 Å². The molecule has 0 aliphatic carbocycles. The van der Waals surface area contributed by atoms with Crippen molar-refractivity contribution >= 4 is 34.7 Å². The number of piperidine rings is 1. The zero-order valence-electron chi connectivity index (χ0n) is 18.1. The van der Waals surface area contributed by atoms with Gasteiger partial charge in [0.1, 0.15) is 12.3 Å². The number of anilines is 4. The lowest BCUT2D eigenvalue weighted by atomic mass is 10.0. The molecule has 34 heavy (non-hydrogen) atoms. The fourth-order valence-corrected chi connectivity index (χ4v) is 4.46. The lowest BCUT2D eigenvalue weighted by Gasteiger charge is -2.34. The molecule has 178 valence electrons. The maximum Gasteiger partial charge on any atom is 0.433 e. The predicted octanol–water partition coefficient (Wildman–Crippen LogP) is 5.16. The monoisotopic (exact) mass is 490 g/mol. The molecule has 0 saturated carbocycles. The average molecular weight is 491 g/mol. The molecule has 1 N–H and O–H groups in total. The number of benzene rings is 1. The predicted molar refractivity (Wildman–Crippen MR) is 124 cm³/mol. The van der Waals surface area contributed by atoms with Crippen molar-refractivity contribution in [2.75, 3.05) is 41.4 Å². The molecule has 0 bridgehead atoms. The number of para-hydroxylation sites is 1. The van der Waals surface area contributed by atoms with E-state index in [2.05, 4.69) is 15.3 Å². The molecule has 5 rings (SSSR count). The highest BCUT2D eigenvalue weighted by atomic mass is 35.5. The Morgan fingerprint density at radius 2 is 1.85 bits per heavy atom. The Labute approximate surface area is 199 Å². The molecule has 0 amide bonds. The Morgan fingerprint density at radius 3 is 2.62 bits per heavy atom. The van der Waals surface area contributed by atoms with E-state index in [1.54, 1.807) is 12.3 Å². The van der Waals surface area contributed by atoms with Crippen LogP contribution in [-0.4, -0.2) is 47.2 Å². The van der Waals surface area contributed by atoms with Gasteiger partial charge in [-0.1, -0.05) is 23.7 Å². The largest absolute Gasteiger partial charge is 0.486 e. The molecule has 1 saturated heterocycles. The van der Waals surface area contributed by atoms with Gasteiger partial charge in [0, 0.05) is 31.0 Å². The number of ether oxygens (including phenoxy) is 1. The van der Waals surface area contributed by atoms with Crippen molar-refractivity contribution in [1.29, 1.82) is 0 Å². The highest BCUT2D eigenvalue weighted by Gasteiger charge is 2.33. The van der Waals surface area contributed by atoms with E-state index in [0.29, 0.717) is 54.5 Å². The Bertz CT molecular complexity index is 1170. The molecule has 0 unspecified atom stereocenters. The Hall–Kier alpha value is -3.27. The molecule has 2 aromatic heterocycles. The first kappa shape index (κ1) is 22.5. The van der Waals surface area contributed by atoms with Crippen LogP contribution in [0.25, 0.3) is 0 Å². The SMILES string of the molecule is FC(F)(F)c1cc(N2CCC(Nc3ncc4c(n3)N(c3ccccc3Cl)CCO4)CC2)ccn1. The van der Waals surface area contributed by atoms with Gasteiger partial charge in [0.25, 0.3) is 0 Å². The number of halogens is 4. The van der Waals surface area contributed by atoms with Gasteiger partial charge in [-0.3, -0.25) is 4.98 Å². The van der Waals surface area contributed by atoms with Gasteiger partial charge in [0.15, 0.2) is 11.6 Å².